The van der Waals surface area contributed by atoms with Gasteiger partial charge in [-0.15, -0.1) is 0 Å². The maximum Gasteiger partial charge on any atom is 0.267 e. The standard InChI is InChI=1S/C12H14N4O/c13-11(17)10-3-2-8-6-9-7-14-4-1-5-16(9)12(8)15-10/h2-3,6,14H,1,4-5,7H2,(H2,13,17). The van der Waals surface area contributed by atoms with Gasteiger partial charge >= 0.3 is 0 Å². The van der Waals surface area contributed by atoms with Gasteiger partial charge in [-0.2, -0.15) is 0 Å². The molecule has 0 fully saturated rings. The molecule has 0 saturated carbocycles. The zero-order valence-corrected chi connectivity index (χ0v) is 9.44. The van der Waals surface area contributed by atoms with Crippen molar-refractivity contribution in [3.05, 3.63) is 29.6 Å². The van der Waals surface area contributed by atoms with Gasteiger partial charge in [0.2, 0.25) is 0 Å². The summed E-state index contributed by atoms with van der Waals surface area (Å²) in [6.07, 6.45) is 1.07. The highest BCUT2D eigenvalue weighted by Crippen LogP contribution is 2.20. The number of pyridine rings is 1. The lowest BCUT2D eigenvalue weighted by molar-refractivity contribution is 0.0996. The summed E-state index contributed by atoms with van der Waals surface area (Å²) < 4.78 is 2.17. The van der Waals surface area contributed by atoms with Crippen molar-refractivity contribution in [2.45, 2.75) is 19.5 Å². The lowest BCUT2D eigenvalue weighted by Crippen LogP contribution is -2.13. The minimum atomic E-state index is -0.478. The van der Waals surface area contributed by atoms with E-state index in [9.17, 15) is 4.79 Å². The number of nitrogens with zero attached hydrogens (tertiary/aromatic N) is 2. The molecular weight excluding hydrogens is 216 g/mol. The third-order valence-electron chi connectivity index (χ3n) is 3.12. The first-order valence-electron chi connectivity index (χ1n) is 5.75. The molecule has 0 radical (unpaired) electrons. The molecule has 0 unspecified atom stereocenters. The van der Waals surface area contributed by atoms with Crippen LogP contribution in [-0.2, 0) is 13.1 Å². The van der Waals surface area contributed by atoms with Crippen LogP contribution in [0.2, 0.25) is 0 Å². The largest absolute Gasteiger partial charge is 0.364 e. The van der Waals surface area contributed by atoms with Crippen molar-refractivity contribution in [3.8, 4) is 0 Å². The average molecular weight is 230 g/mol. The normalized spacial score (nSPS) is 15.5. The Labute approximate surface area is 98.6 Å². The van der Waals surface area contributed by atoms with Gasteiger partial charge in [0.25, 0.3) is 5.91 Å². The first-order chi connectivity index (χ1) is 8.25. The zero-order valence-electron chi connectivity index (χ0n) is 9.44. The molecule has 1 amide bonds. The zero-order chi connectivity index (χ0) is 11.8. The predicted molar refractivity (Wildman–Crippen MR) is 64.6 cm³/mol. The van der Waals surface area contributed by atoms with Gasteiger partial charge in [0.15, 0.2) is 0 Å². The Morgan fingerprint density at radius 3 is 3.18 bits per heavy atom. The molecule has 1 aliphatic heterocycles. The summed E-state index contributed by atoms with van der Waals surface area (Å²) in [5.74, 6) is -0.478. The Kier molecular flexibility index (Phi) is 2.33. The number of nitrogens with two attached hydrogens (primary N) is 1. The average Bonchev–Trinajstić information content (AvgIpc) is 2.51. The Hall–Kier alpha value is -1.88. The maximum absolute atomic E-state index is 11.1. The number of carbonyl (C=O) groups excluding carboxylic acids is 1. The third-order valence-corrected chi connectivity index (χ3v) is 3.12. The third kappa shape index (κ3) is 1.68. The van der Waals surface area contributed by atoms with E-state index in [1.54, 1.807) is 6.07 Å². The van der Waals surface area contributed by atoms with E-state index in [0.717, 1.165) is 37.1 Å². The Balaban J connectivity index is 2.20. The number of carbonyl (C=O) groups is 1. The molecule has 17 heavy (non-hydrogen) atoms. The summed E-state index contributed by atoms with van der Waals surface area (Å²) >= 11 is 0. The van der Waals surface area contributed by atoms with E-state index in [1.807, 2.05) is 6.07 Å². The highest BCUT2D eigenvalue weighted by atomic mass is 16.1. The Morgan fingerprint density at radius 1 is 1.47 bits per heavy atom. The first kappa shape index (κ1) is 10.3. The minimum absolute atomic E-state index is 0.329. The van der Waals surface area contributed by atoms with Crippen LogP contribution in [-0.4, -0.2) is 22.0 Å². The fourth-order valence-corrected chi connectivity index (χ4v) is 2.29. The second-order valence-corrected chi connectivity index (χ2v) is 4.29. The van der Waals surface area contributed by atoms with Gasteiger partial charge in [0, 0.05) is 24.2 Å². The smallest absolute Gasteiger partial charge is 0.267 e. The lowest BCUT2D eigenvalue weighted by Gasteiger charge is -2.05. The van der Waals surface area contributed by atoms with Crippen LogP contribution in [0.4, 0.5) is 0 Å². The number of primary amides is 1. The molecule has 3 heterocycles. The van der Waals surface area contributed by atoms with Crippen molar-refractivity contribution in [1.82, 2.24) is 14.9 Å². The van der Waals surface area contributed by atoms with Crippen molar-refractivity contribution < 1.29 is 4.79 Å². The van der Waals surface area contributed by atoms with Gasteiger partial charge in [0.1, 0.15) is 11.3 Å². The molecule has 2 aromatic heterocycles. The number of nitrogens with one attached hydrogen (secondary N) is 1. The molecule has 0 aliphatic carbocycles. The monoisotopic (exact) mass is 230 g/mol. The van der Waals surface area contributed by atoms with Crippen LogP contribution in [0.5, 0.6) is 0 Å². The highest BCUT2D eigenvalue weighted by Gasteiger charge is 2.13. The molecule has 0 atom stereocenters. The van der Waals surface area contributed by atoms with E-state index < -0.39 is 5.91 Å². The van der Waals surface area contributed by atoms with Crippen molar-refractivity contribution in [2.24, 2.45) is 5.73 Å². The van der Waals surface area contributed by atoms with Gasteiger partial charge in [-0.05, 0) is 31.2 Å². The van der Waals surface area contributed by atoms with Crippen LogP contribution in [0.25, 0.3) is 11.0 Å². The molecule has 3 N–H and O–H groups in total. The summed E-state index contributed by atoms with van der Waals surface area (Å²) in [5.41, 5.74) is 7.66. The molecule has 0 bridgehead atoms. The number of hydrogen-bond donors (Lipinski definition) is 2. The maximum atomic E-state index is 11.1. The summed E-state index contributed by atoms with van der Waals surface area (Å²) in [5, 5.41) is 4.43. The van der Waals surface area contributed by atoms with Gasteiger partial charge < -0.3 is 15.6 Å². The number of aryl methyl sites for hydroxylation is 1. The molecule has 5 nitrogen and oxygen atoms in total. The highest BCUT2D eigenvalue weighted by molar-refractivity contribution is 5.93. The topological polar surface area (TPSA) is 72.9 Å². The van der Waals surface area contributed by atoms with E-state index >= 15 is 0 Å². The summed E-state index contributed by atoms with van der Waals surface area (Å²) in [7, 11) is 0. The Morgan fingerprint density at radius 2 is 2.35 bits per heavy atom. The number of fused-ring (bicyclic) bond motifs is 3. The number of hydrogen-bond acceptors (Lipinski definition) is 3. The van der Waals surface area contributed by atoms with Gasteiger partial charge in [-0.1, -0.05) is 0 Å². The molecule has 2 aromatic rings. The van der Waals surface area contributed by atoms with Crippen LogP contribution in [0.3, 0.4) is 0 Å². The number of aromatic nitrogens is 2. The van der Waals surface area contributed by atoms with Gasteiger partial charge in [-0.25, -0.2) is 4.98 Å². The van der Waals surface area contributed by atoms with Crippen molar-refractivity contribution in [1.29, 1.82) is 0 Å². The molecule has 0 aromatic carbocycles. The van der Waals surface area contributed by atoms with Gasteiger partial charge in [0.05, 0.1) is 0 Å². The van der Waals surface area contributed by atoms with Crippen LogP contribution in [0, 0.1) is 0 Å². The molecule has 0 spiro atoms. The van der Waals surface area contributed by atoms with E-state index in [0.29, 0.717) is 5.69 Å². The van der Waals surface area contributed by atoms with Crippen LogP contribution in [0.15, 0.2) is 18.2 Å². The number of amides is 1. The quantitative estimate of drug-likeness (QED) is 0.754. The lowest BCUT2D eigenvalue weighted by atomic mass is 10.2. The summed E-state index contributed by atoms with van der Waals surface area (Å²) in [4.78, 5) is 15.5. The van der Waals surface area contributed by atoms with Crippen LogP contribution in [0.1, 0.15) is 22.6 Å². The fourth-order valence-electron chi connectivity index (χ4n) is 2.29. The second kappa shape index (κ2) is 3.85. The van der Waals surface area contributed by atoms with Gasteiger partial charge in [-0.3, -0.25) is 4.79 Å². The Bertz CT molecular complexity index is 587. The minimum Gasteiger partial charge on any atom is -0.364 e. The van der Waals surface area contributed by atoms with Crippen molar-refractivity contribution >= 4 is 16.9 Å². The summed E-state index contributed by atoms with van der Waals surface area (Å²) in [6, 6.07) is 5.70. The first-order valence-corrected chi connectivity index (χ1v) is 5.75. The van der Waals surface area contributed by atoms with E-state index in [4.69, 9.17) is 5.73 Å². The van der Waals surface area contributed by atoms with E-state index in [2.05, 4.69) is 20.9 Å². The van der Waals surface area contributed by atoms with E-state index in [1.165, 1.54) is 5.69 Å². The van der Waals surface area contributed by atoms with Crippen molar-refractivity contribution in [3.63, 3.8) is 0 Å². The van der Waals surface area contributed by atoms with E-state index in [-0.39, 0.29) is 0 Å². The fraction of sp³-hybridized carbons (Fsp3) is 0.333. The molecule has 1 aliphatic rings. The summed E-state index contributed by atoms with van der Waals surface area (Å²) in [6.45, 7) is 2.79. The second-order valence-electron chi connectivity index (χ2n) is 4.29. The van der Waals surface area contributed by atoms with Crippen LogP contribution < -0.4 is 11.1 Å². The van der Waals surface area contributed by atoms with Crippen LogP contribution >= 0.6 is 0 Å². The molecule has 88 valence electrons. The van der Waals surface area contributed by atoms with Crippen molar-refractivity contribution in [2.75, 3.05) is 6.54 Å². The predicted octanol–water partition coefficient (Wildman–Crippen LogP) is 0.628. The SMILES string of the molecule is NC(=O)c1ccc2cc3n(c2n1)CCCNC3. The number of rotatable bonds is 1. The molecule has 0 saturated heterocycles. The molecule has 5 heteroatoms. The molecule has 3 rings (SSSR count). The molecular formula is C12H14N4O.